The van der Waals surface area contributed by atoms with Crippen molar-refractivity contribution in [2.75, 3.05) is 13.6 Å². The summed E-state index contributed by atoms with van der Waals surface area (Å²) in [5.74, 6) is 0.870. The van der Waals surface area contributed by atoms with Crippen LogP contribution < -0.4 is 10.2 Å². The van der Waals surface area contributed by atoms with Crippen molar-refractivity contribution < 1.29 is 4.84 Å². The third-order valence-corrected chi connectivity index (χ3v) is 2.49. The van der Waals surface area contributed by atoms with E-state index in [0.29, 0.717) is 0 Å². The summed E-state index contributed by atoms with van der Waals surface area (Å²) in [5.41, 5.74) is 2.42. The standard InChI is InChI=1S/C13H16N2O/c1-14-8-3-2-4-11-5-6-13-12(10-11)7-9-15-16-13/h2,4-6,9-10,14H,3,7-8H2,1H3. The molecule has 0 aromatic heterocycles. The Hall–Kier alpha value is -1.61. The van der Waals surface area contributed by atoms with Gasteiger partial charge in [-0.15, -0.1) is 0 Å². The number of rotatable bonds is 4. The highest BCUT2D eigenvalue weighted by atomic mass is 16.6. The summed E-state index contributed by atoms with van der Waals surface area (Å²) in [6.07, 6.45) is 8.01. The summed E-state index contributed by atoms with van der Waals surface area (Å²) in [7, 11) is 1.96. The van der Waals surface area contributed by atoms with Crippen molar-refractivity contribution in [3.8, 4) is 5.75 Å². The molecule has 1 heterocycles. The zero-order chi connectivity index (χ0) is 11.2. The van der Waals surface area contributed by atoms with E-state index < -0.39 is 0 Å². The summed E-state index contributed by atoms with van der Waals surface area (Å²) in [6.45, 7) is 1.01. The lowest BCUT2D eigenvalue weighted by Crippen LogP contribution is -2.05. The first-order valence-electron chi connectivity index (χ1n) is 5.53. The van der Waals surface area contributed by atoms with E-state index in [-0.39, 0.29) is 0 Å². The minimum absolute atomic E-state index is 0.855. The molecule has 1 aromatic rings. The molecule has 1 N–H and O–H groups in total. The molecule has 0 radical (unpaired) electrons. The third kappa shape index (κ3) is 2.70. The number of hydrogen-bond acceptors (Lipinski definition) is 3. The van der Waals surface area contributed by atoms with Crippen LogP contribution in [-0.2, 0) is 6.42 Å². The van der Waals surface area contributed by atoms with E-state index in [1.54, 1.807) is 6.21 Å². The van der Waals surface area contributed by atoms with Crippen LogP contribution in [0, 0.1) is 0 Å². The second-order valence-electron chi connectivity index (χ2n) is 3.75. The van der Waals surface area contributed by atoms with E-state index in [1.165, 1.54) is 11.1 Å². The van der Waals surface area contributed by atoms with Crippen LogP contribution in [0.4, 0.5) is 0 Å². The highest BCUT2D eigenvalue weighted by Gasteiger charge is 2.06. The van der Waals surface area contributed by atoms with Crippen molar-refractivity contribution in [3.05, 3.63) is 35.4 Å². The molecule has 0 atom stereocenters. The fourth-order valence-corrected chi connectivity index (χ4v) is 1.63. The SMILES string of the molecule is CNCCC=Cc1ccc2c(c1)CC=NO2. The first-order chi connectivity index (χ1) is 7.90. The van der Waals surface area contributed by atoms with Crippen LogP contribution in [0.15, 0.2) is 29.4 Å². The molecule has 0 spiro atoms. The van der Waals surface area contributed by atoms with Gasteiger partial charge in [0, 0.05) is 18.2 Å². The summed E-state index contributed by atoms with van der Waals surface area (Å²) < 4.78 is 0. The minimum atomic E-state index is 0.855. The zero-order valence-electron chi connectivity index (χ0n) is 9.44. The smallest absolute Gasteiger partial charge is 0.161 e. The summed E-state index contributed by atoms with van der Waals surface area (Å²) >= 11 is 0. The Kier molecular flexibility index (Phi) is 3.72. The zero-order valence-corrected chi connectivity index (χ0v) is 9.44. The van der Waals surface area contributed by atoms with E-state index in [4.69, 9.17) is 4.84 Å². The van der Waals surface area contributed by atoms with Gasteiger partial charge in [-0.25, -0.2) is 0 Å². The quantitative estimate of drug-likeness (QED) is 0.783. The van der Waals surface area contributed by atoms with Gasteiger partial charge in [0.1, 0.15) is 0 Å². The second-order valence-corrected chi connectivity index (χ2v) is 3.75. The predicted molar refractivity (Wildman–Crippen MR) is 66.8 cm³/mol. The van der Waals surface area contributed by atoms with Crippen molar-refractivity contribution in [2.45, 2.75) is 12.8 Å². The lowest BCUT2D eigenvalue weighted by atomic mass is 10.1. The fraction of sp³-hybridized carbons (Fsp3) is 0.308. The van der Waals surface area contributed by atoms with Gasteiger partial charge in [0.05, 0.1) is 0 Å². The maximum atomic E-state index is 5.16. The van der Waals surface area contributed by atoms with Crippen molar-refractivity contribution in [3.63, 3.8) is 0 Å². The molecule has 0 saturated heterocycles. The van der Waals surface area contributed by atoms with Crippen molar-refractivity contribution in [2.24, 2.45) is 5.16 Å². The predicted octanol–water partition coefficient (Wildman–Crippen LogP) is 2.23. The molecule has 2 rings (SSSR count). The summed E-state index contributed by atoms with van der Waals surface area (Å²) in [6, 6.07) is 6.18. The normalized spacial score (nSPS) is 13.8. The Morgan fingerprint density at radius 3 is 3.31 bits per heavy atom. The second kappa shape index (κ2) is 5.47. The Morgan fingerprint density at radius 2 is 2.44 bits per heavy atom. The maximum absolute atomic E-state index is 5.16. The Morgan fingerprint density at radius 1 is 1.50 bits per heavy atom. The average Bonchev–Trinajstić information content (AvgIpc) is 2.34. The lowest BCUT2D eigenvalue weighted by Gasteiger charge is -2.09. The van der Waals surface area contributed by atoms with Gasteiger partial charge in [0.25, 0.3) is 0 Å². The molecular weight excluding hydrogens is 200 g/mol. The molecular formula is C13H16N2O. The lowest BCUT2D eigenvalue weighted by molar-refractivity contribution is 0.334. The van der Waals surface area contributed by atoms with Crippen LogP contribution in [0.3, 0.4) is 0 Å². The number of fused-ring (bicyclic) bond motifs is 1. The van der Waals surface area contributed by atoms with Gasteiger partial charge in [-0.3, -0.25) is 0 Å². The Balaban J connectivity index is 2.04. The fourth-order valence-electron chi connectivity index (χ4n) is 1.63. The van der Waals surface area contributed by atoms with Gasteiger partial charge in [0.15, 0.2) is 5.75 Å². The van der Waals surface area contributed by atoms with Crippen LogP contribution in [0.1, 0.15) is 17.5 Å². The molecule has 0 fully saturated rings. The largest absolute Gasteiger partial charge is 0.357 e. The van der Waals surface area contributed by atoms with Gasteiger partial charge in [0.2, 0.25) is 0 Å². The molecule has 1 aromatic carbocycles. The van der Waals surface area contributed by atoms with Gasteiger partial charge < -0.3 is 10.2 Å². The molecule has 0 bridgehead atoms. The summed E-state index contributed by atoms with van der Waals surface area (Å²) in [4.78, 5) is 5.16. The van der Waals surface area contributed by atoms with Crippen LogP contribution >= 0.6 is 0 Å². The Labute approximate surface area is 95.8 Å². The van der Waals surface area contributed by atoms with E-state index in [1.807, 2.05) is 13.1 Å². The molecule has 0 saturated carbocycles. The molecule has 1 aliphatic heterocycles. The molecule has 1 aliphatic rings. The Bertz CT molecular complexity index is 410. The first kappa shape index (κ1) is 10.9. The van der Waals surface area contributed by atoms with Gasteiger partial charge >= 0.3 is 0 Å². The van der Waals surface area contributed by atoms with Crippen LogP contribution in [0.25, 0.3) is 6.08 Å². The number of oxime groups is 1. The molecule has 0 unspecified atom stereocenters. The van der Waals surface area contributed by atoms with E-state index in [9.17, 15) is 0 Å². The number of benzene rings is 1. The van der Waals surface area contributed by atoms with E-state index in [0.717, 1.165) is 25.1 Å². The van der Waals surface area contributed by atoms with Crippen molar-refractivity contribution in [1.29, 1.82) is 0 Å². The molecule has 16 heavy (non-hydrogen) atoms. The molecule has 84 valence electrons. The number of hydrogen-bond donors (Lipinski definition) is 1. The highest BCUT2D eigenvalue weighted by molar-refractivity contribution is 5.66. The van der Waals surface area contributed by atoms with Gasteiger partial charge in [-0.1, -0.05) is 23.4 Å². The van der Waals surface area contributed by atoms with Crippen molar-refractivity contribution >= 4 is 12.3 Å². The molecule has 3 nitrogen and oxygen atoms in total. The van der Waals surface area contributed by atoms with E-state index >= 15 is 0 Å². The topological polar surface area (TPSA) is 33.6 Å². The summed E-state index contributed by atoms with van der Waals surface area (Å²) in [5, 5.41) is 6.90. The molecule has 0 aliphatic carbocycles. The molecule has 3 heteroatoms. The van der Waals surface area contributed by atoms with Crippen molar-refractivity contribution in [1.82, 2.24) is 5.32 Å². The van der Waals surface area contributed by atoms with E-state index in [2.05, 4.69) is 34.8 Å². The third-order valence-electron chi connectivity index (χ3n) is 2.49. The van der Waals surface area contributed by atoms with Crippen LogP contribution in [0.5, 0.6) is 5.75 Å². The van der Waals surface area contributed by atoms with Crippen LogP contribution in [0.2, 0.25) is 0 Å². The molecule has 0 amide bonds. The highest BCUT2D eigenvalue weighted by Crippen LogP contribution is 2.23. The van der Waals surface area contributed by atoms with Gasteiger partial charge in [-0.2, -0.15) is 0 Å². The minimum Gasteiger partial charge on any atom is -0.357 e. The number of nitrogens with one attached hydrogen (secondary N) is 1. The first-order valence-corrected chi connectivity index (χ1v) is 5.53. The van der Waals surface area contributed by atoms with Gasteiger partial charge in [-0.05, 0) is 37.7 Å². The average molecular weight is 216 g/mol. The van der Waals surface area contributed by atoms with Crippen LogP contribution in [-0.4, -0.2) is 19.8 Å². The monoisotopic (exact) mass is 216 g/mol. The number of nitrogens with zero attached hydrogens (tertiary/aromatic N) is 1. The maximum Gasteiger partial charge on any atom is 0.161 e.